The predicted molar refractivity (Wildman–Crippen MR) is 128 cm³/mol. The summed E-state index contributed by atoms with van der Waals surface area (Å²) in [4.78, 5) is 38.5. The van der Waals surface area contributed by atoms with Crippen LogP contribution in [0.3, 0.4) is 0 Å². The molecule has 0 aromatic heterocycles. The molecular weight excluding hydrogens is 435 g/mol. The second-order valence-corrected chi connectivity index (χ2v) is 8.09. The lowest BCUT2D eigenvalue weighted by molar-refractivity contribution is -0.128. The van der Waals surface area contributed by atoms with E-state index in [-0.39, 0.29) is 5.91 Å². The zero-order valence-corrected chi connectivity index (χ0v) is 18.5. The van der Waals surface area contributed by atoms with Gasteiger partial charge >= 0.3 is 6.03 Å². The van der Waals surface area contributed by atoms with Crippen molar-refractivity contribution in [3.63, 3.8) is 0 Å². The third kappa shape index (κ3) is 6.19. The van der Waals surface area contributed by atoms with Crippen LogP contribution in [0.1, 0.15) is 34.3 Å². The number of urea groups is 1. The standard InChI is InChI=1S/C26H25FN4O3/c27-21-8-3-10-23(15-21)29-25(33)20-7-2-9-22(14-20)30-26(34)28-16-18-5-1-6-19(13-18)17-31-12-4-11-24(31)32/h1-3,5-10,13-15H,4,11-12,16-17H2,(H,29,33)(H2,28,30,34). The lowest BCUT2D eigenvalue weighted by Gasteiger charge is -2.16. The number of nitrogens with one attached hydrogen (secondary N) is 3. The highest BCUT2D eigenvalue weighted by molar-refractivity contribution is 6.05. The van der Waals surface area contributed by atoms with Crippen molar-refractivity contribution >= 4 is 29.2 Å². The first-order valence-electron chi connectivity index (χ1n) is 11.0. The summed E-state index contributed by atoms with van der Waals surface area (Å²) in [6.45, 7) is 1.67. The monoisotopic (exact) mass is 460 g/mol. The maximum absolute atomic E-state index is 13.3. The molecule has 1 aliphatic heterocycles. The molecule has 4 rings (SSSR count). The van der Waals surface area contributed by atoms with Crippen molar-refractivity contribution in [3.05, 3.63) is 95.3 Å². The fraction of sp³-hybridized carbons (Fsp3) is 0.192. The Labute approximate surface area is 197 Å². The summed E-state index contributed by atoms with van der Waals surface area (Å²) < 4.78 is 13.3. The molecule has 0 radical (unpaired) electrons. The highest BCUT2D eigenvalue weighted by Gasteiger charge is 2.20. The summed E-state index contributed by atoms with van der Waals surface area (Å²) >= 11 is 0. The van der Waals surface area contributed by atoms with Gasteiger partial charge in [0, 0.05) is 43.0 Å². The fourth-order valence-electron chi connectivity index (χ4n) is 3.79. The number of nitrogens with zero attached hydrogens (tertiary/aromatic N) is 1. The molecule has 8 heteroatoms. The Morgan fingerprint density at radius 2 is 1.62 bits per heavy atom. The number of halogens is 1. The number of hydrogen-bond donors (Lipinski definition) is 3. The minimum Gasteiger partial charge on any atom is -0.338 e. The largest absolute Gasteiger partial charge is 0.338 e. The van der Waals surface area contributed by atoms with Crippen LogP contribution >= 0.6 is 0 Å². The SMILES string of the molecule is O=C(NCc1cccc(CN2CCCC2=O)c1)Nc1cccc(C(=O)Nc2cccc(F)c2)c1. The number of benzene rings is 3. The van der Waals surface area contributed by atoms with Crippen molar-refractivity contribution in [3.8, 4) is 0 Å². The van der Waals surface area contributed by atoms with E-state index in [1.807, 2.05) is 29.2 Å². The van der Waals surface area contributed by atoms with E-state index < -0.39 is 17.8 Å². The third-order valence-corrected chi connectivity index (χ3v) is 5.45. The lowest BCUT2D eigenvalue weighted by atomic mass is 10.1. The number of hydrogen-bond acceptors (Lipinski definition) is 3. The van der Waals surface area contributed by atoms with E-state index in [1.54, 1.807) is 30.3 Å². The van der Waals surface area contributed by atoms with Crippen LogP contribution in [0.2, 0.25) is 0 Å². The molecule has 1 heterocycles. The van der Waals surface area contributed by atoms with Gasteiger partial charge < -0.3 is 20.9 Å². The number of carbonyl (C=O) groups excluding carboxylic acids is 3. The molecule has 3 aromatic carbocycles. The molecule has 0 aliphatic carbocycles. The topological polar surface area (TPSA) is 90.5 Å². The summed E-state index contributed by atoms with van der Waals surface area (Å²) in [5.41, 5.74) is 3.06. The molecule has 0 unspecified atom stereocenters. The van der Waals surface area contributed by atoms with Gasteiger partial charge in [-0.1, -0.05) is 36.4 Å². The minimum atomic E-state index is -0.444. The fourth-order valence-corrected chi connectivity index (χ4v) is 3.79. The molecule has 1 fully saturated rings. The molecule has 0 saturated carbocycles. The van der Waals surface area contributed by atoms with Crippen LogP contribution in [0.15, 0.2) is 72.8 Å². The van der Waals surface area contributed by atoms with Crippen LogP contribution in [0, 0.1) is 5.82 Å². The second kappa shape index (κ2) is 10.6. The molecular formula is C26H25FN4O3. The second-order valence-electron chi connectivity index (χ2n) is 8.09. The Morgan fingerprint density at radius 1 is 0.882 bits per heavy atom. The van der Waals surface area contributed by atoms with Crippen LogP contribution in [-0.2, 0) is 17.9 Å². The van der Waals surface area contributed by atoms with E-state index in [2.05, 4.69) is 16.0 Å². The smallest absolute Gasteiger partial charge is 0.319 e. The maximum atomic E-state index is 13.3. The highest BCUT2D eigenvalue weighted by atomic mass is 19.1. The van der Waals surface area contributed by atoms with Gasteiger partial charge in [0.05, 0.1) is 0 Å². The Kier molecular flexibility index (Phi) is 7.17. The zero-order valence-electron chi connectivity index (χ0n) is 18.5. The van der Waals surface area contributed by atoms with Crippen molar-refractivity contribution < 1.29 is 18.8 Å². The van der Waals surface area contributed by atoms with E-state index in [9.17, 15) is 18.8 Å². The lowest BCUT2D eigenvalue weighted by Crippen LogP contribution is -2.28. The first kappa shape index (κ1) is 23.0. The van der Waals surface area contributed by atoms with Crippen molar-refractivity contribution in [2.75, 3.05) is 17.2 Å². The number of carbonyl (C=O) groups is 3. The molecule has 1 saturated heterocycles. The van der Waals surface area contributed by atoms with Gasteiger partial charge in [-0.3, -0.25) is 9.59 Å². The number of anilines is 2. The van der Waals surface area contributed by atoms with Crippen LogP contribution in [0.25, 0.3) is 0 Å². The molecule has 3 N–H and O–H groups in total. The first-order chi connectivity index (χ1) is 16.5. The minimum absolute atomic E-state index is 0.176. The van der Waals surface area contributed by atoms with Gasteiger partial charge in [-0.05, 0) is 53.9 Å². The molecule has 1 aliphatic rings. The average molecular weight is 461 g/mol. The van der Waals surface area contributed by atoms with Crippen LogP contribution in [-0.4, -0.2) is 29.3 Å². The van der Waals surface area contributed by atoms with Gasteiger partial charge in [-0.15, -0.1) is 0 Å². The van der Waals surface area contributed by atoms with E-state index in [0.717, 1.165) is 24.1 Å². The molecule has 7 nitrogen and oxygen atoms in total. The van der Waals surface area contributed by atoms with Gasteiger partial charge in [0.15, 0.2) is 0 Å². The quantitative estimate of drug-likeness (QED) is 0.484. The van der Waals surface area contributed by atoms with Gasteiger partial charge in [0.25, 0.3) is 5.91 Å². The first-order valence-corrected chi connectivity index (χ1v) is 11.0. The molecule has 0 spiro atoms. The number of rotatable bonds is 7. The predicted octanol–water partition coefficient (Wildman–Crippen LogP) is 4.52. The van der Waals surface area contributed by atoms with Gasteiger partial charge in [-0.25, -0.2) is 9.18 Å². The number of amides is 4. The molecule has 4 amide bonds. The normalized spacial score (nSPS) is 13.0. The molecule has 0 atom stereocenters. The van der Waals surface area contributed by atoms with Gasteiger partial charge in [0.1, 0.15) is 5.82 Å². The molecule has 174 valence electrons. The summed E-state index contributed by atoms with van der Waals surface area (Å²) in [6.07, 6.45) is 1.50. The highest BCUT2D eigenvalue weighted by Crippen LogP contribution is 2.16. The van der Waals surface area contributed by atoms with Crippen molar-refractivity contribution in [1.29, 1.82) is 0 Å². The van der Waals surface area contributed by atoms with Crippen LogP contribution in [0.5, 0.6) is 0 Å². The summed E-state index contributed by atoms with van der Waals surface area (Å²) in [7, 11) is 0. The molecule has 0 bridgehead atoms. The Hall–Kier alpha value is -4.20. The molecule has 3 aromatic rings. The van der Waals surface area contributed by atoms with Crippen molar-refractivity contribution in [1.82, 2.24) is 10.2 Å². The van der Waals surface area contributed by atoms with E-state index in [4.69, 9.17) is 0 Å². The van der Waals surface area contributed by atoms with E-state index >= 15 is 0 Å². The summed E-state index contributed by atoms with van der Waals surface area (Å²) in [5.74, 6) is -0.683. The zero-order chi connectivity index (χ0) is 23.9. The maximum Gasteiger partial charge on any atom is 0.319 e. The molecule has 34 heavy (non-hydrogen) atoms. The van der Waals surface area contributed by atoms with Gasteiger partial charge in [-0.2, -0.15) is 0 Å². The van der Waals surface area contributed by atoms with Crippen LogP contribution in [0.4, 0.5) is 20.6 Å². The van der Waals surface area contributed by atoms with Gasteiger partial charge in [0.2, 0.25) is 5.91 Å². The number of likely N-dealkylation sites (tertiary alicyclic amines) is 1. The van der Waals surface area contributed by atoms with Crippen LogP contribution < -0.4 is 16.0 Å². The van der Waals surface area contributed by atoms with E-state index in [1.165, 1.54) is 18.2 Å². The Bertz CT molecular complexity index is 1210. The van der Waals surface area contributed by atoms with Crippen molar-refractivity contribution in [2.45, 2.75) is 25.9 Å². The average Bonchev–Trinajstić information content (AvgIpc) is 3.22. The summed E-state index contributed by atoms with van der Waals surface area (Å²) in [6, 6.07) is 19.4. The Balaban J connectivity index is 1.31. The third-order valence-electron chi connectivity index (χ3n) is 5.45. The van der Waals surface area contributed by atoms with E-state index in [0.29, 0.717) is 36.4 Å². The van der Waals surface area contributed by atoms with Crippen molar-refractivity contribution in [2.24, 2.45) is 0 Å². The summed E-state index contributed by atoms with van der Waals surface area (Å²) in [5, 5.41) is 8.14. The Morgan fingerprint density at radius 3 is 2.38 bits per heavy atom.